The standard InChI is InChI=1S/C24H32N2O2S2/c1-15-9-11-26(12-10-15)23(28)20-17-8-7-16(24(2,3)4)14-19(17)30-22(20)25-21(27)18-6-5-13-29-18/h5-6,13,15-16H,7-12,14H2,1-4H3,(H,25,27)/t16-/m0/s1. The van der Waals surface area contributed by atoms with E-state index in [0.29, 0.717) is 16.7 Å². The summed E-state index contributed by atoms with van der Waals surface area (Å²) in [6.07, 6.45) is 5.13. The first-order chi connectivity index (χ1) is 14.2. The molecule has 0 bridgehead atoms. The molecule has 1 fully saturated rings. The Labute approximate surface area is 187 Å². The number of nitrogens with zero attached hydrogens (tertiary/aromatic N) is 1. The Bertz CT molecular complexity index is 916. The average Bonchev–Trinajstić information content (AvgIpc) is 3.34. The zero-order valence-electron chi connectivity index (χ0n) is 18.4. The highest BCUT2D eigenvalue weighted by Gasteiger charge is 2.35. The van der Waals surface area contributed by atoms with Crippen LogP contribution < -0.4 is 5.32 Å². The fourth-order valence-corrected chi connectivity index (χ4v) is 6.52. The van der Waals surface area contributed by atoms with Crippen molar-refractivity contribution in [2.75, 3.05) is 18.4 Å². The minimum atomic E-state index is -0.114. The third-order valence-corrected chi connectivity index (χ3v) is 8.79. The van der Waals surface area contributed by atoms with E-state index in [1.54, 1.807) is 11.3 Å². The fourth-order valence-electron chi connectivity index (χ4n) is 4.58. The molecular formula is C24H32N2O2S2. The molecule has 1 atom stereocenters. The highest BCUT2D eigenvalue weighted by molar-refractivity contribution is 7.17. The van der Waals surface area contributed by atoms with Gasteiger partial charge in [0, 0.05) is 18.0 Å². The summed E-state index contributed by atoms with van der Waals surface area (Å²) in [5.41, 5.74) is 2.20. The van der Waals surface area contributed by atoms with Gasteiger partial charge in [0.2, 0.25) is 0 Å². The van der Waals surface area contributed by atoms with E-state index in [1.807, 2.05) is 22.4 Å². The van der Waals surface area contributed by atoms with Crippen LogP contribution >= 0.6 is 22.7 Å². The van der Waals surface area contributed by atoms with Crippen molar-refractivity contribution in [3.63, 3.8) is 0 Å². The number of rotatable bonds is 3. The minimum Gasteiger partial charge on any atom is -0.339 e. The van der Waals surface area contributed by atoms with E-state index in [1.165, 1.54) is 21.8 Å². The number of carbonyl (C=O) groups is 2. The zero-order chi connectivity index (χ0) is 21.5. The number of piperidine rings is 1. The van der Waals surface area contributed by atoms with Crippen LogP contribution in [0.4, 0.5) is 5.00 Å². The van der Waals surface area contributed by atoms with Crippen LogP contribution in [0.25, 0.3) is 0 Å². The molecule has 0 spiro atoms. The Morgan fingerprint density at radius 1 is 1.17 bits per heavy atom. The van der Waals surface area contributed by atoms with Crippen LogP contribution in [0.5, 0.6) is 0 Å². The molecular weight excluding hydrogens is 412 g/mol. The van der Waals surface area contributed by atoms with E-state index in [0.717, 1.165) is 55.8 Å². The molecule has 0 saturated carbocycles. The number of nitrogens with one attached hydrogen (secondary N) is 1. The number of anilines is 1. The van der Waals surface area contributed by atoms with Gasteiger partial charge in [0.15, 0.2) is 0 Å². The molecule has 2 aromatic rings. The van der Waals surface area contributed by atoms with Crippen LogP contribution in [0, 0.1) is 17.3 Å². The molecule has 1 aliphatic heterocycles. The summed E-state index contributed by atoms with van der Waals surface area (Å²) in [6, 6.07) is 3.71. The first-order valence-electron chi connectivity index (χ1n) is 11.0. The maximum absolute atomic E-state index is 13.6. The molecule has 0 unspecified atom stereocenters. The minimum absolute atomic E-state index is 0.107. The summed E-state index contributed by atoms with van der Waals surface area (Å²) in [7, 11) is 0. The number of carbonyl (C=O) groups excluding carboxylic acids is 2. The lowest BCUT2D eigenvalue weighted by atomic mass is 9.72. The molecule has 6 heteroatoms. The number of likely N-dealkylation sites (tertiary alicyclic amines) is 1. The van der Waals surface area contributed by atoms with E-state index in [2.05, 4.69) is 33.0 Å². The lowest BCUT2D eigenvalue weighted by Crippen LogP contribution is -2.38. The quantitative estimate of drug-likeness (QED) is 0.623. The third-order valence-electron chi connectivity index (χ3n) is 6.75. The number of hydrogen-bond donors (Lipinski definition) is 1. The number of fused-ring (bicyclic) bond motifs is 1. The molecule has 0 aromatic carbocycles. The summed E-state index contributed by atoms with van der Waals surface area (Å²) in [6.45, 7) is 10.8. The Kier molecular flexibility index (Phi) is 6.08. The van der Waals surface area contributed by atoms with Crippen molar-refractivity contribution >= 4 is 39.5 Å². The lowest BCUT2D eigenvalue weighted by molar-refractivity contribution is 0.0697. The summed E-state index contributed by atoms with van der Waals surface area (Å²) < 4.78 is 0. The molecule has 2 aliphatic rings. The molecule has 0 radical (unpaired) electrons. The molecule has 30 heavy (non-hydrogen) atoms. The van der Waals surface area contributed by atoms with Crippen molar-refractivity contribution in [2.45, 2.75) is 59.8 Å². The van der Waals surface area contributed by atoms with E-state index < -0.39 is 0 Å². The Morgan fingerprint density at radius 3 is 2.53 bits per heavy atom. The van der Waals surface area contributed by atoms with Gasteiger partial charge in [0.25, 0.3) is 11.8 Å². The molecule has 1 saturated heterocycles. The van der Waals surface area contributed by atoms with Crippen molar-refractivity contribution in [1.82, 2.24) is 4.90 Å². The summed E-state index contributed by atoms with van der Waals surface area (Å²) >= 11 is 3.05. The molecule has 2 amide bonds. The maximum Gasteiger partial charge on any atom is 0.266 e. The maximum atomic E-state index is 13.6. The first kappa shape index (κ1) is 21.6. The normalized spacial score (nSPS) is 20.1. The molecule has 4 nitrogen and oxygen atoms in total. The Morgan fingerprint density at radius 2 is 1.90 bits per heavy atom. The Hall–Kier alpha value is -1.66. The predicted octanol–water partition coefficient (Wildman–Crippen LogP) is 6.09. The van der Waals surface area contributed by atoms with Crippen LogP contribution in [0.1, 0.15) is 77.4 Å². The average molecular weight is 445 g/mol. The summed E-state index contributed by atoms with van der Waals surface area (Å²) in [5.74, 6) is 1.27. The second-order valence-corrected chi connectivity index (χ2v) is 12.0. The van der Waals surface area contributed by atoms with Crippen LogP contribution in [-0.2, 0) is 12.8 Å². The summed E-state index contributed by atoms with van der Waals surface area (Å²) in [4.78, 5) is 30.3. The molecule has 1 aliphatic carbocycles. The van der Waals surface area contributed by atoms with Crippen molar-refractivity contribution in [1.29, 1.82) is 0 Å². The second-order valence-electron chi connectivity index (χ2n) is 9.92. The van der Waals surface area contributed by atoms with E-state index in [4.69, 9.17) is 0 Å². The van der Waals surface area contributed by atoms with E-state index >= 15 is 0 Å². The van der Waals surface area contributed by atoms with Crippen LogP contribution in [0.15, 0.2) is 17.5 Å². The number of hydrogen-bond acceptors (Lipinski definition) is 4. The largest absolute Gasteiger partial charge is 0.339 e. The third kappa shape index (κ3) is 4.35. The molecule has 1 N–H and O–H groups in total. The molecule has 4 rings (SSSR count). The molecule has 2 aromatic heterocycles. The van der Waals surface area contributed by atoms with E-state index in [9.17, 15) is 9.59 Å². The SMILES string of the molecule is CC1CCN(C(=O)c2c(NC(=O)c3cccs3)sc3c2CC[C@H](C(C)(C)C)C3)CC1. The van der Waals surface area contributed by atoms with Crippen LogP contribution in [0.3, 0.4) is 0 Å². The highest BCUT2D eigenvalue weighted by atomic mass is 32.1. The summed E-state index contributed by atoms with van der Waals surface area (Å²) in [5, 5.41) is 5.75. The van der Waals surface area contributed by atoms with Crippen LogP contribution in [0.2, 0.25) is 0 Å². The number of thiophene rings is 2. The van der Waals surface area contributed by atoms with Gasteiger partial charge in [-0.05, 0) is 66.4 Å². The van der Waals surface area contributed by atoms with Gasteiger partial charge in [0.1, 0.15) is 5.00 Å². The van der Waals surface area contributed by atoms with Crippen molar-refractivity contribution in [3.05, 3.63) is 38.4 Å². The highest BCUT2D eigenvalue weighted by Crippen LogP contribution is 2.45. The lowest BCUT2D eigenvalue weighted by Gasteiger charge is -2.34. The van der Waals surface area contributed by atoms with Crippen LogP contribution in [-0.4, -0.2) is 29.8 Å². The van der Waals surface area contributed by atoms with Gasteiger partial charge in [-0.1, -0.05) is 33.8 Å². The van der Waals surface area contributed by atoms with E-state index in [-0.39, 0.29) is 17.2 Å². The zero-order valence-corrected chi connectivity index (χ0v) is 20.0. The van der Waals surface area contributed by atoms with Gasteiger partial charge in [0.05, 0.1) is 10.4 Å². The smallest absolute Gasteiger partial charge is 0.266 e. The number of amides is 2. The van der Waals surface area contributed by atoms with Crippen molar-refractivity contribution in [3.8, 4) is 0 Å². The molecule has 3 heterocycles. The first-order valence-corrected chi connectivity index (χ1v) is 12.7. The molecule has 162 valence electrons. The van der Waals surface area contributed by atoms with Crippen molar-refractivity contribution < 1.29 is 9.59 Å². The Balaban J connectivity index is 1.66. The predicted molar refractivity (Wildman–Crippen MR) is 126 cm³/mol. The van der Waals surface area contributed by atoms with Crippen molar-refractivity contribution in [2.24, 2.45) is 17.3 Å². The van der Waals surface area contributed by atoms with Gasteiger partial charge < -0.3 is 10.2 Å². The fraction of sp³-hybridized carbons (Fsp3) is 0.583. The van der Waals surface area contributed by atoms with Gasteiger partial charge in [-0.3, -0.25) is 9.59 Å². The van der Waals surface area contributed by atoms with Gasteiger partial charge in [-0.25, -0.2) is 0 Å². The van der Waals surface area contributed by atoms with Gasteiger partial charge >= 0.3 is 0 Å². The van der Waals surface area contributed by atoms with Gasteiger partial charge in [-0.2, -0.15) is 0 Å². The monoisotopic (exact) mass is 444 g/mol. The topological polar surface area (TPSA) is 49.4 Å². The second kappa shape index (κ2) is 8.46. The van der Waals surface area contributed by atoms with Gasteiger partial charge in [-0.15, -0.1) is 22.7 Å².